The summed E-state index contributed by atoms with van der Waals surface area (Å²) in [6.07, 6.45) is 0.0539. The van der Waals surface area contributed by atoms with Crippen molar-refractivity contribution in [2.75, 3.05) is 6.61 Å². The molecule has 1 N–H and O–H groups in total. The van der Waals surface area contributed by atoms with Gasteiger partial charge >= 0.3 is 0 Å². The van der Waals surface area contributed by atoms with E-state index in [0.717, 1.165) is 22.0 Å². The zero-order valence-electron chi connectivity index (χ0n) is 10.6. The number of ether oxygens (including phenoxy) is 1. The Morgan fingerprint density at radius 1 is 1.33 bits per heavy atom. The van der Waals surface area contributed by atoms with Crippen LogP contribution in [0.3, 0.4) is 0 Å². The molecule has 2 rings (SSSR count). The topological polar surface area (TPSA) is 42.4 Å². The van der Waals surface area contributed by atoms with Crippen molar-refractivity contribution in [2.24, 2.45) is 0 Å². The monoisotopic (exact) mass is 263 g/mol. The summed E-state index contributed by atoms with van der Waals surface area (Å²) in [5.74, 6) is 0.832. The molecule has 0 bridgehead atoms. The number of aliphatic hydroxyl groups excluding tert-OH is 1. The molecule has 0 spiro atoms. The minimum atomic E-state index is -0.508. The minimum absolute atomic E-state index is 0.508. The molecular formula is C14H17NO2S. The van der Waals surface area contributed by atoms with E-state index in [1.54, 1.807) is 11.3 Å². The summed E-state index contributed by atoms with van der Waals surface area (Å²) in [4.78, 5) is 4.36. The smallest absolute Gasteiger partial charge is 0.119 e. The van der Waals surface area contributed by atoms with E-state index in [-0.39, 0.29) is 0 Å². The van der Waals surface area contributed by atoms with Gasteiger partial charge < -0.3 is 9.84 Å². The zero-order valence-corrected chi connectivity index (χ0v) is 11.4. The molecule has 1 atom stereocenters. The van der Waals surface area contributed by atoms with Gasteiger partial charge in [0.1, 0.15) is 5.75 Å². The van der Waals surface area contributed by atoms with E-state index < -0.39 is 6.10 Å². The molecule has 0 saturated carbocycles. The lowest BCUT2D eigenvalue weighted by molar-refractivity contribution is 0.178. The third-order valence-corrected chi connectivity index (χ3v) is 3.60. The Morgan fingerprint density at radius 2 is 2.06 bits per heavy atom. The molecule has 1 aromatic heterocycles. The quantitative estimate of drug-likeness (QED) is 0.901. The molecule has 18 heavy (non-hydrogen) atoms. The first-order valence-electron chi connectivity index (χ1n) is 6.01. The van der Waals surface area contributed by atoms with Gasteiger partial charge in [-0.05, 0) is 31.5 Å². The van der Waals surface area contributed by atoms with Crippen molar-refractivity contribution in [1.82, 2.24) is 4.98 Å². The maximum absolute atomic E-state index is 10.1. The molecule has 0 fully saturated rings. The molecule has 0 radical (unpaired) electrons. The lowest BCUT2D eigenvalue weighted by Gasteiger charge is -2.10. The van der Waals surface area contributed by atoms with Crippen LogP contribution in [0.4, 0.5) is 0 Å². The molecule has 96 valence electrons. The van der Waals surface area contributed by atoms with Crippen molar-refractivity contribution in [1.29, 1.82) is 0 Å². The Kier molecular flexibility index (Phi) is 4.33. The number of thiazole rings is 1. The molecule has 3 nitrogen and oxygen atoms in total. The molecule has 0 amide bonds. The first kappa shape index (κ1) is 13.1. The summed E-state index contributed by atoms with van der Waals surface area (Å²) in [7, 11) is 0. The predicted molar refractivity (Wildman–Crippen MR) is 73.1 cm³/mol. The molecule has 1 aromatic carbocycles. The summed E-state index contributed by atoms with van der Waals surface area (Å²) >= 11 is 1.59. The molecule has 0 saturated heterocycles. The fraction of sp³-hybridized carbons (Fsp3) is 0.357. The van der Waals surface area contributed by atoms with Gasteiger partial charge in [0.25, 0.3) is 0 Å². The maximum Gasteiger partial charge on any atom is 0.119 e. The van der Waals surface area contributed by atoms with E-state index in [0.29, 0.717) is 13.0 Å². The molecular weight excluding hydrogens is 246 g/mol. The minimum Gasteiger partial charge on any atom is -0.494 e. The van der Waals surface area contributed by atoms with Crippen LogP contribution in [-0.2, 0) is 6.42 Å². The largest absolute Gasteiger partial charge is 0.494 e. The summed E-state index contributed by atoms with van der Waals surface area (Å²) < 4.78 is 5.37. The lowest BCUT2D eigenvalue weighted by Crippen LogP contribution is -2.01. The third kappa shape index (κ3) is 3.31. The summed E-state index contributed by atoms with van der Waals surface area (Å²) in [5, 5.41) is 13.1. The van der Waals surface area contributed by atoms with E-state index >= 15 is 0 Å². The fourth-order valence-corrected chi connectivity index (χ4v) is 2.54. The van der Waals surface area contributed by atoms with Crippen LogP contribution < -0.4 is 4.74 Å². The molecule has 2 aromatic rings. The molecule has 0 aliphatic rings. The molecule has 4 heteroatoms. The highest BCUT2D eigenvalue weighted by molar-refractivity contribution is 7.09. The molecule has 1 unspecified atom stereocenters. The highest BCUT2D eigenvalue weighted by atomic mass is 32.1. The van der Waals surface area contributed by atoms with Gasteiger partial charge in [-0.1, -0.05) is 12.1 Å². The molecule has 0 aliphatic heterocycles. The average Bonchev–Trinajstić information content (AvgIpc) is 2.76. The average molecular weight is 263 g/mol. The Hall–Kier alpha value is -1.39. The second kappa shape index (κ2) is 5.98. The van der Waals surface area contributed by atoms with Gasteiger partial charge in [0, 0.05) is 17.5 Å². The zero-order chi connectivity index (χ0) is 13.0. The van der Waals surface area contributed by atoms with Gasteiger partial charge in [0.05, 0.1) is 17.7 Å². The van der Waals surface area contributed by atoms with E-state index in [9.17, 15) is 5.11 Å². The van der Waals surface area contributed by atoms with Gasteiger partial charge in [-0.25, -0.2) is 4.98 Å². The predicted octanol–water partition coefficient (Wildman–Crippen LogP) is 3.13. The normalized spacial score (nSPS) is 12.4. The Morgan fingerprint density at radius 3 is 2.61 bits per heavy atom. The lowest BCUT2D eigenvalue weighted by atomic mass is 10.1. The highest BCUT2D eigenvalue weighted by Crippen LogP contribution is 2.22. The third-order valence-electron chi connectivity index (χ3n) is 2.61. The number of aliphatic hydroxyl groups is 1. The summed E-state index contributed by atoms with van der Waals surface area (Å²) in [5.41, 5.74) is 1.90. The molecule has 0 aliphatic carbocycles. The van der Waals surface area contributed by atoms with Crippen LogP contribution in [0.1, 0.15) is 29.3 Å². The Bertz CT molecular complexity index is 493. The van der Waals surface area contributed by atoms with Gasteiger partial charge in [-0.2, -0.15) is 0 Å². The van der Waals surface area contributed by atoms with Crippen LogP contribution in [0.25, 0.3) is 0 Å². The number of hydrogen-bond donors (Lipinski definition) is 1. The molecule has 1 heterocycles. The number of hydrogen-bond acceptors (Lipinski definition) is 4. The maximum atomic E-state index is 10.1. The van der Waals surface area contributed by atoms with E-state index in [2.05, 4.69) is 4.98 Å². The van der Waals surface area contributed by atoms with Crippen molar-refractivity contribution >= 4 is 11.3 Å². The van der Waals surface area contributed by atoms with Crippen LogP contribution >= 0.6 is 11.3 Å². The Balaban J connectivity index is 2.02. The fourth-order valence-electron chi connectivity index (χ4n) is 1.73. The van der Waals surface area contributed by atoms with Gasteiger partial charge in [0.2, 0.25) is 0 Å². The van der Waals surface area contributed by atoms with E-state index in [1.165, 1.54) is 0 Å². The van der Waals surface area contributed by atoms with Crippen molar-refractivity contribution in [3.8, 4) is 5.75 Å². The summed E-state index contributed by atoms with van der Waals surface area (Å²) in [6, 6.07) is 7.57. The SMILES string of the molecule is CCOc1ccc(C(O)Cc2nc(C)cs2)cc1. The van der Waals surface area contributed by atoms with Crippen LogP contribution in [0.5, 0.6) is 5.75 Å². The van der Waals surface area contributed by atoms with E-state index in [4.69, 9.17) is 4.74 Å². The van der Waals surface area contributed by atoms with Gasteiger partial charge in [0.15, 0.2) is 0 Å². The first-order valence-corrected chi connectivity index (χ1v) is 6.89. The van der Waals surface area contributed by atoms with Crippen LogP contribution in [0, 0.1) is 6.92 Å². The first-order chi connectivity index (χ1) is 8.69. The van der Waals surface area contributed by atoms with Crippen molar-refractivity contribution in [2.45, 2.75) is 26.4 Å². The number of benzene rings is 1. The van der Waals surface area contributed by atoms with Crippen molar-refractivity contribution < 1.29 is 9.84 Å². The van der Waals surface area contributed by atoms with E-state index in [1.807, 2.05) is 43.5 Å². The second-order valence-corrected chi connectivity index (χ2v) is 5.05. The van der Waals surface area contributed by atoms with Crippen LogP contribution in [-0.4, -0.2) is 16.7 Å². The number of aryl methyl sites for hydroxylation is 1. The standard InChI is InChI=1S/C14H17NO2S/c1-3-17-12-6-4-11(5-7-12)13(16)8-14-15-10(2)9-18-14/h4-7,9,13,16H,3,8H2,1-2H3. The van der Waals surface area contributed by atoms with Gasteiger partial charge in [-0.15, -0.1) is 11.3 Å². The van der Waals surface area contributed by atoms with Crippen molar-refractivity contribution in [3.05, 3.63) is 45.9 Å². The number of rotatable bonds is 5. The number of aromatic nitrogens is 1. The summed E-state index contributed by atoms with van der Waals surface area (Å²) in [6.45, 7) is 4.57. The second-order valence-electron chi connectivity index (χ2n) is 4.10. The van der Waals surface area contributed by atoms with Gasteiger partial charge in [-0.3, -0.25) is 0 Å². The number of nitrogens with zero attached hydrogens (tertiary/aromatic N) is 1. The van der Waals surface area contributed by atoms with Crippen LogP contribution in [0.2, 0.25) is 0 Å². The van der Waals surface area contributed by atoms with Crippen molar-refractivity contribution in [3.63, 3.8) is 0 Å². The Labute approximate surface area is 111 Å². The van der Waals surface area contributed by atoms with Crippen LogP contribution in [0.15, 0.2) is 29.6 Å². The highest BCUT2D eigenvalue weighted by Gasteiger charge is 2.11.